The fraction of sp³-hybridized carbons (Fsp3) is 0.455. The highest BCUT2D eigenvalue weighted by molar-refractivity contribution is 5.26. The molecule has 0 N–H and O–H groups in total. The molecule has 0 amide bonds. The van der Waals surface area contributed by atoms with E-state index >= 15 is 0 Å². The van der Waals surface area contributed by atoms with Gasteiger partial charge in [0, 0.05) is 7.11 Å². The predicted molar refractivity (Wildman–Crippen MR) is 51.3 cm³/mol. The van der Waals surface area contributed by atoms with Crippen molar-refractivity contribution in [1.29, 1.82) is 0 Å². The topological polar surface area (TPSA) is 9.23 Å². The van der Waals surface area contributed by atoms with Gasteiger partial charge < -0.3 is 4.74 Å². The smallest absolute Gasteiger partial charge is 0.320 e. The number of hydrogen-bond acceptors (Lipinski definition) is 1. The highest BCUT2D eigenvalue weighted by Gasteiger charge is 2.34. The van der Waals surface area contributed by atoms with Crippen LogP contribution in [-0.4, -0.2) is 7.11 Å². The Kier molecular flexibility index (Phi) is 3.74. The average Bonchev–Trinajstić information content (AvgIpc) is 2.18. The average molecular weight is 218 g/mol. The van der Waals surface area contributed by atoms with Crippen LogP contribution in [0, 0.1) is 5.82 Å². The Labute approximate surface area is 86.9 Å². The largest absolute Gasteiger partial charge is 0.385 e. The van der Waals surface area contributed by atoms with Crippen molar-refractivity contribution in [3.05, 3.63) is 35.1 Å². The maximum Gasteiger partial charge on any atom is 0.385 e. The van der Waals surface area contributed by atoms with E-state index in [9.17, 15) is 13.2 Å². The second-order valence-corrected chi connectivity index (χ2v) is 3.29. The molecule has 1 aromatic rings. The van der Waals surface area contributed by atoms with E-state index in [0.717, 1.165) is 25.7 Å². The van der Waals surface area contributed by atoms with Gasteiger partial charge in [-0.2, -0.15) is 8.78 Å². The Morgan fingerprint density at radius 2 is 2.00 bits per heavy atom. The van der Waals surface area contributed by atoms with Crippen LogP contribution in [0.1, 0.15) is 24.5 Å². The van der Waals surface area contributed by atoms with Crippen LogP contribution in [0.2, 0.25) is 0 Å². The normalized spacial score (nSPS) is 11.8. The minimum Gasteiger partial charge on any atom is -0.320 e. The van der Waals surface area contributed by atoms with Crippen LogP contribution >= 0.6 is 0 Å². The molecule has 0 aliphatic heterocycles. The Balaban J connectivity index is 3.03. The number of methoxy groups -OCH3 is 1. The number of halogens is 3. The third kappa shape index (κ3) is 2.72. The summed E-state index contributed by atoms with van der Waals surface area (Å²) in [6.45, 7) is 1.94. The Morgan fingerprint density at radius 3 is 2.47 bits per heavy atom. The predicted octanol–water partition coefficient (Wildman–Crippen LogP) is 3.47. The zero-order valence-corrected chi connectivity index (χ0v) is 8.69. The Hall–Kier alpha value is -1.03. The van der Waals surface area contributed by atoms with Crippen LogP contribution in [0.3, 0.4) is 0 Å². The first-order valence-corrected chi connectivity index (χ1v) is 4.73. The monoisotopic (exact) mass is 218 g/mol. The number of hydrogen-bond donors (Lipinski definition) is 0. The number of benzene rings is 1. The number of alkyl halides is 2. The Morgan fingerprint density at radius 1 is 1.33 bits per heavy atom. The quantitative estimate of drug-likeness (QED) is 0.751. The van der Waals surface area contributed by atoms with E-state index in [4.69, 9.17) is 0 Å². The first-order valence-electron chi connectivity index (χ1n) is 4.73. The molecule has 0 bridgehead atoms. The molecule has 4 heteroatoms. The lowest BCUT2D eigenvalue weighted by Crippen LogP contribution is -2.17. The molecule has 0 aromatic heterocycles. The number of aryl methyl sites for hydroxylation is 1. The molecule has 0 unspecified atom stereocenters. The number of rotatable bonds is 4. The third-order valence-electron chi connectivity index (χ3n) is 2.14. The zero-order valence-electron chi connectivity index (χ0n) is 8.69. The van der Waals surface area contributed by atoms with Crippen molar-refractivity contribution in [2.24, 2.45) is 0 Å². The summed E-state index contributed by atoms with van der Waals surface area (Å²) in [6, 6.07) is 3.70. The van der Waals surface area contributed by atoms with E-state index in [1.54, 1.807) is 0 Å². The van der Waals surface area contributed by atoms with Gasteiger partial charge in [-0.15, -0.1) is 0 Å². The van der Waals surface area contributed by atoms with Crippen molar-refractivity contribution in [1.82, 2.24) is 0 Å². The van der Waals surface area contributed by atoms with Crippen molar-refractivity contribution < 1.29 is 17.9 Å². The molecule has 0 heterocycles. The van der Waals surface area contributed by atoms with Gasteiger partial charge in [0.1, 0.15) is 5.82 Å². The molecule has 1 aromatic carbocycles. The Bertz CT molecular complexity index is 337. The minimum absolute atomic E-state index is 0.676. The molecule has 0 spiro atoms. The molecule has 1 rings (SSSR count). The molecule has 0 saturated carbocycles. The molecule has 0 radical (unpaired) electrons. The summed E-state index contributed by atoms with van der Waals surface area (Å²) in [5.74, 6) is -0.923. The van der Waals surface area contributed by atoms with Gasteiger partial charge in [-0.1, -0.05) is 19.4 Å². The summed E-state index contributed by atoms with van der Waals surface area (Å²) in [6.07, 6.45) is -2.04. The van der Waals surface area contributed by atoms with Gasteiger partial charge in [0.15, 0.2) is 0 Å². The van der Waals surface area contributed by atoms with Crippen molar-refractivity contribution in [2.75, 3.05) is 7.11 Å². The summed E-state index contributed by atoms with van der Waals surface area (Å²) >= 11 is 0. The number of ether oxygens (including phenoxy) is 1. The molecule has 0 atom stereocenters. The van der Waals surface area contributed by atoms with Crippen molar-refractivity contribution in [3.63, 3.8) is 0 Å². The molecule has 0 aliphatic carbocycles. The van der Waals surface area contributed by atoms with Gasteiger partial charge in [-0.05, 0) is 24.1 Å². The maximum atomic E-state index is 13.3. The van der Waals surface area contributed by atoms with Crippen LogP contribution < -0.4 is 0 Å². The SMILES string of the molecule is CCCc1ccc(C(F)(F)OC)c(F)c1. The molecule has 0 saturated heterocycles. The van der Waals surface area contributed by atoms with Gasteiger partial charge in [0.05, 0.1) is 5.56 Å². The lowest BCUT2D eigenvalue weighted by molar-refractivity contribution is -0.233. The lowest BCUT2D eigenvalue weighted by atomic mass is 10.1. The van der Waals surface area contributed by atoms with Gasteiger partial charge >= 0.3 is 6.11 Å². The summed E-state index contributed by atoms with van der Waals surface area (Å²) in [5.41, 5.74) is -0.00416. The van der Waals surface area contributed by atoms with E-state index in [1.165, 1.54) is 6.07 Å². The van der Waals surface area contributed by atoms with Crippen LogP contribution in [0.4, 0.5) is 13.2 Å². The standard InChI is InChI=1S/C11H13F3O/c1-3-4-8-5-6-9(10(12)7-8)11(13,14)15-2/h5-7H,3-4H2,1-2H3. The molecule has 1 nitrogen and oxygen atoms in total. The molecule has 15 heavy (non-hydrogen) atoms. The summed E-state index contributed by atoms with van der Waals surface area (Å²) < 4.78 is 43.2. The van der Waals surface area contributed by atoms with Crippen molar-refractivity contribution in [3.8, 4) is 0 Å². The minimum atomic E-state index is -3.56. The lowest BCUT2D eigenvalue weighted by Gasteiger charge is -2.15. The molecular formula is C11H13F3O. The summed E-state index contributed by atoms with van der Waals surface area (Å²) in [4.78, 5) is 0. The fourth-order valence-electron chi connectivity index (χ4n) is 1.35. The van der Waals surface area contributed by atoms with Crippen LogP contribution in [-0.2, 0) is 17.3 Å². The molecular weight excluding hydrogens is 205 g/mol. The van der Waals surface area contributed by atoms with Crippen LogP contribution in [0.5, 0.6) is 0 Å². The highest BCUT2D eigenvalue weighted by Crippen LogP contribution is 2.30. The second kappa shape index (κ2) is 4.66. The van der Waals surface area contributed by atoms with Gasteiger partial charge in [0.25, 0.3) is 0 Å². The zero-order chi connectivity index (χ0) is 11.5. The molecule has 0 fully saturated rings. The van der Waals surface area contributed by atoms with E-state index in [-0.39, 0.29) is 0 Å². The van der Waals surface area contributed by atoms with Gasteiger partial charge in [-0.25, -0.2) is 4.39 Å². The first kappa shape index (κ1) is 12.0. The highest BCUT2D eigenvalue weighted by atomic mass is 19.3. The second-order valence-electron chi connectivity index (χ2n) is 3.29. The summed E-state index contributed by atoms with van der Waals surface area (Å²) in [7, 11) is 0.847. The van der Waals surface area contributed by atoms with E-state index in [2.05, 4.69) is 4.74 Å². The summed E-state index contributed by atoms with van der Waals surface area (Å²) in [5, 5.41) is 0. The first-order chi connectivity index (χ1) is 7.01. The van der Waals surface area contributed by atoms with E-state index in [1.807, 2.05) is 6.92 Å². The van der Waals surface area contributed by atoms with E-state index < -0.39 is 17.5 Å². The van der Waals surface area contributed by atoms with Crippen molar-refractivity contribution in [2.45, 2.75) is 25.9 Å². The van der Waals surface area contributed by atoms with Crippen LogP contribution in [0.15, 0.2) is 18.2 Å². The van der Waals surface area contributed by atoms with Gasteiger partial charge in [-0.3, -0.25) is 0 Å². The molecule has 0 aliphatic rings. The van der Waals surface area contributed by atoms with E-state index in [0.29, 0.717) is 12.0 Å². The third-order valence-corrected chi connectivity index (χ3v) is 2.14. The van der Waals surface area contributed by atoms with Gasteiger partial charge in [0.2, 0.25) is 0 Å². The fourth-order valence-corrected chi connectivity index (χ4v) is 1.35. The van der Waals surface area contributed by atoms with Crippen LogP contribution in [0.25, 0.3) is 0 Å². The maximum absolute atomic E-state index is 13.3. The molecule has 84 valence electrons. The van der Waals surface area contributed by atoms with Crippen molar-refractivity contribution >= 4 is 0 Å².